The van der Waals surface area contributed by atoms with Gasteiger partial charge in [-0.1, -0.05) is 17.7 Å². The van der Waals surface area contributed by atoms with Crippen LogP contribution in [0.2, 0.25) is 5.02 Å². The zero-order valence-electron chi connectivity index (χ0n) is 15.0. The molecule has 3 rings (SSSR count). The molecule has 0 atom stereocenters. The number of amides is 1. The number of piperidine rings is 1. The Morgan fingerprint density at radius 1 is 1.21 bits per heavy atom. The highest BCUT2D eigenvalue weighted by Gasteiger charge is 2.22. The van der Waals surface area contributed by atoms with Gasteiger partial charge in [0.05, 0.1) is 6.54 Å². The lowest BCUT2D eigenvalue weighted by molar-refractivity contribution is -0.119. The molecule has 2 N–H and O–H groups in total. The standard InChI is InChI=1S/C19H20ClF2N3O3/c20-13-2-1-12(16(22)9-13)11-27-19-15(21)3-4-18(24-19)28-14-5-7-25(8-6-14)10-17(23)26/h1-4,9,14H,5-8,10-11H2,(H2,23,26). The van der Waals surface area contributed by atoms with E-state index in [1.807, 2.05) is 4.90 Å². The van der Waals surface area contributed by atoms with Crippen LogP contribution in [0.3, 0.4) is 0 Å². The summed E-state index contributed by atoms with van der Waals surface area (Å²) in [5, 5.41) is 0.267. The number of benzene rings is 1. The summed E-state index contributed by atoms with van der Waals surface area (Å²) in [6.45, 7) is 1.38. The highest BCUT2D eigenvalue weighted by molar-refractivity contribution is 6.30. The number of primary amides is 1. The molecular formula is C19H20ClF2N3O3. The van der Waals surface area contributed by atoms with E-state index in [-0.39, 0.29) is 47.5 Å². The molecule has 9 heteroatoms. The van der Waals surface area contributed by atoms with Crippen molar-refractivity contribution < 1.29 is 23.0 Å². The van der Waals surface area contributed by atoms with Gasteiger partial charge in [0.1, 0.15) is 18.5 Å². The predicted molar refractivity (Wildman–Crippen MR) is 99.2 cm³/mol. The molecule has 0 saturated carbocycles. The Kier molecular flexibility index (Phi) is 6.64. The average Bonchev–Trinajstić information content (AvgIpc) is 2.64. The number of aromatic nitrogens is 1. The summed E-state index contributed by atoms with van der Waals surface area (Å²) >= 11 is 5.71. The molecule has 0 unspecified atom stereocenters. The summed E-state index contributed by atoms with van der Waals surface area (Å²) in [6, 6.07) is 6.76. The van der Waals surface area contributed by atoms with Crippen molar-refractivity contribution in [1.82, 2.24) is 9.88 Å². The van der Waals surface area contributed by atoms with Gasteiger partial charge in [-0.2, -0.15) is 4.98 Å². The van der Waals surface area contributed by atoms with Gasteiger partial charge in [0.15, 0.2) is 5.82 Å². The lowest BCUT2D eigenvalue weighted by atomic mass is 10.1. The van der Waals surface area contributed by atoms with E-state index in [2.05, 4.69) is 4.98 Å². The van der Waals surface area contributed by atoms with Gasteiger partial charge >= 0.3 is 0 Å². The zero-order valence-corrected chi connectivity index (χ0v) is 15.8. The van der Waals surface area contributed by atoms with Gasteiger partial charge in [-0.25, -0.2) is 8.78 Å². The fourth-order valence-electron chi connectivity index (χ4n) is 2.93. The molecule has 1 saturated heterocycles. The number of ether oxygens (including phenoxy) is 2. The van der Waals surface area contributed by atoms with Crippen LogP contribution in [-0.4, -0.2) is 41.5 Å². The molecule has 2 aromatic rings. The summed E-state index contributed by atoms with van der Waals surface area (Å²) in [5.74, 6) is -1.61. The van der Waals surface area contributed by atoms with Gasteiger partial charge in [0, 0.05) is 29.7 Å². The Bertz CT molecular complexity index is 845. The second kappa shape index (κ2) is 9.16. The molecule has 0 bridgehead atoms. The number of halogens is 3. The first-order valence-electron chi connectivity index (χ1n) is 8.81. The molecule has 28 heavy (non-hydrogen) atoms. The van der Waals surface area contributed by atoms with E-state index in [0.29, 0.717) is 25.9 Å². The Labute approximate surface area is 166 Å². The summed E-state index contributed by atoms with van der Waals surface area (Å²) < 4.78 is 38.9. The van der Waals surface area contributed by atoms with E-state index in [1.165, 1.54) is 24.3 Å². The molecule has 0 radical (unpaired) electrons. The van der Waals surface area contributed by atoms with Crippen LogP contribution in [0.25, 0.3) is 0 Å². The van der Waals surface area contributed by atoms with Crippen molar-refractivity contribution in [2.45, 2.75) is 25.6 Å². The fourth-order valence-corrected chi connectivity index (χ4v) is 3.09. The van der Waals surface area contributed by atoms with Crippen LogP contribution in [-0.2, 0) is 11.4 Å². The molecule has 1 aromatic heterocycles. The van der Waals surface area contributed by atoms with E-state index < -0.39 is 11.6 Å². The van der Waals surface area contributed by atoms with Gasteiger partial charge in [0.25, 0.3) is 5.88 Å². The third-order valence-electron chi connectivity index (χ3n) is 4.37. The largest absolute Gasteiger partial charge is 0.474 e. The number of nitrogens with two attached hydrogens (primary N) is 1. The Morgan fingerprint density at radius 2 is 1.96 bits per heavy atom. The third kappa shape index (κ3) is 5.53. The molecule has 1 fully saturated rings. The van der Waals surface area contributed by atoms with E-state index in [0.717, 1.165) is 6.07 Å². The van der Waals surface area contributed by atoms with Gasteiger partial charge in [-0.15, -0.1) is 0 Å². The number of nitrogens with zero attached hydrogens (tertiary/aromatic N) is 2. The molecule has 0 aliphatic carbocycles. The van der Waals surface area contributed by atoms with Crippen molar-refractivity contribution >= 4 is 17.5 Å². The Hall–Kier alpha value is -2.45. The minimum Gasteiger partial charge on any atom is -0.474 e. The van der Waals surface area contributed by atoms with Crippen LogP contribution in [0.15, 0.2) is 30.3 Å². The second-order valence-electron chi connectivity index (χ2n) is 6.52. The number of hydrogen-bond donors (Lipinski definition) is 1. The van der Waals surface area contributed by atoms with E-state index in [4.69, 9.17) is 26.8 Å². The highest BCUT2D eigenvalue weighted by Crippen LogP contribution is 2.23. The van der Waals surface area contributed by atoms with Gasteiger partial charge < -0.3 is 15.2 Å². The van der Waals surface area contributed by atoms with E-state index >= 15 is 0 Å². The smallest absolute Gasteiger partial charge is 0.254 e. The molecule has 0 spiro atoms. The lowest BCUT2D eigenvalue weighted by Crippen LogP contribution is -2.42. The van der Waals surface area contributed by atoms with Crippen molar-refractivity contribution in [1.29, 1.82) is 0 Å². The number of carbonyl (C=O) groups is 1. The number of hydrogen-bond acceptors (Lipinski definition) is 5. The van der Waals surface area contributed by atoms with Crippen molar-refractivity contribution in [3.8, 4) is 11.8 Å². The van der Waals surface area contributed by atoms with Gasteiger partial charge in [-0.05, 0) is 31.0 Å². The fraction of sp³-hybridized carbons (Fsp3) is 0.368. The Balaban J connectivity index is 1.58. The number of pyridine rings is 1. The molecule has 1 aromatic carbocycles. The quantitative estimate of drug-likeness (QED) is 0.758. The van der Waals surface area contributed by atoms with Gasteiger partial charge in [0.2, 0.25) is 11.8 Å². The number of likely N-dealkylation sites (tertiary alicyclic amines) is 1. The topological polar surface area (TPSA) is 77.7 Å². The van der Waals surface area contributed by atoms with Crippen LogP contribution in [0.1, 0.15) is 18.4 Å². The van der Waals surface area contributed by atoms with Crippen molar-refractivity contribution in [3.05, 3.63) is 52.6 Å². The monoisotopic (exact) mass is 411 g/mol. The number of rotatable bonds is 7. The maximum absolute atomic E-state index is 14.0. The van der Waals surface area contributed by atoms with Crippen molar-refractivity contribution in [2.24, 2.45) is 5.73 Å². The Morgan fingerprint density at radius 3 is 2.64 bits per heavy atom. The van der Waals surface area contributed by atoms with Gasteiger partial charge in [-0.3, -0.25) is 9.69 Å². The second-order valence-corrected chi connectivity index (χ2v) is 6.96. The predicted octanol–water partition coefficient (Wildman–Crippen LogP) is 2.92. The SMILES string of the molecule is NC(=O)CN1CCC(Oc2ccc(F)c(OCc3ccc(Cl)cc3F)n2)CC1. The summed E-state index contributed by atoms with van der Waals surface area (Å²) in [7, 11) is 0. The van der Waals surface area contributed by atoms with Crippen molar-refractivity contribution in [2.75, 3.05) is 19.6 Å². The van der Waals surface area contributed by atoms with Crippen molar-refractivity contribution in [3.63, 3.8) is 0 Å². The molecule has 6 nitrogen and oxygen atoms in total. The summed E-state index contributed by atoms with van der Waals surface area (Å²) in [5.41, 5.74) is 5.43. The molecule has 1 aliphatic rings. The molecule has 1 amide bonds. The van der Waals surface area contributed by atoms with Crippen LogP contribution in [0.5, 0.6) is 11.8 Å². The lowest BCUT2D eigenvalue weighted by Gasteiger charge is -2.30. The van der Waals surface area contributed by atoms with Crippen LogP contribution in [0.4, 0.5) is 8.78 Å². The third-order valence-corrected chi connectivity index (χ3v) is 4.60. The first-order valence-corrected chi connectivity index (χ1v) is 9.19. The zero-order chi connectivity index (χ0) is 20.1. The maximum Gasteiger partial charge on any atom is 0.254 e. The molecular weight excluding hydrogens is 392 g/mol. The molecule has 2 heterocycles. The van der Waals surface area contributed by atoms with Crippen LogP contribution >= 0.6 is 11.6 Å². The van der Waals surface area contributed by atoms with Crippen LogP contribution in [0, 0.1) is 11.6 Å². The normalized spacial score (nSPS) is 15.4. The average molecular weight is 412 g/mol. The molecule has 150 valence electrons. The minimum absolute atomic E-state index is 0.108. The van der Waals surface area contributed by atoms with E-state index in [9.17, 15) is 13.6 Å². The van der Waals surface area contributed by atoms with E-state index in [1.54, 1.807) is 0 Å². The first-order chi connectivity index (χ1) is 13.4. The summed E-state index contributed by atoms with van der Waals surface area (Å²) in [6.07, 6.45) is 1.28. The highest BCUT2D eigenvalue weighted by atomic mass is 35.5. The minimum atomic E-state index is -0.669. The maximum atomic E-state index is 14.0. The summed E-state index contributed by atoms with van der Waals surface area (Å²) in [4.78, 5) is 17.0. The molecule has 1 aliphatic heterocycles. The number of carbonyl (C=O) groups excluding carboxylic acids is 1. The van der Waals surface area contributed by atoms with Crippen LogP contribution < -0.4 is 15.2 Å². The first kappa shape index (κ1) is 20.3.